The van der Waals surface area contributed by atoms with Crippen molar-refractivity contribution in [2.45, 2.75) is 51.1 Å². The summed E-state index contributed by atoms with van der Waals surface area (Å²) in [5.74, 6) is 0.413. The van der Waals surface area contributed by atoms with Gasteiger partial charge in [-0.05, 0) is 38.7 Å². The molecule has 0 saturated carbocycles. The molecule has 0 aliphatic carbocycles. The van der Waals surface area contributed by atoms with Crippen molar-refractivity contribution in [3.05, 3.63) is 15.8 Å². The van der Waals surface area contributed by atoms with Crippen LogP contribution in [-0.4, -0.2) is 25.3 Å². The molecule has 1 aliphatic heterocycles. The molecule has 0 spiro atoms. The predicted octanol–water partition coefficient (Wildman–Crippen LogP) is 2.32. The maximum atomic E-state index is 12.8. The van der Waals surface area contributed by atoms with Crippen LogP contribution in [0.1, 0.15) is 36.4 Å². The molecule has 2 heterocycles. The van der Waals surface area contributed by atoms with Gasteiger partial charge in [-0.3, -0.25) is 0 Å². The maximum Gasteiger partial charge on any atom is 0.244 e. The highest BCUT2D eigenvalue weighted by Gasteiger charge is 2.35. The van der Waals surface area contributed by atoms with Crippen LogP contribution in [0.4, 0.5) is 0 Å². The Hall–Kier alpha value is -0.430. The first kappa shape index (κ1) is 15.0. The van der Waals surface area contributed by atoms with E-state index in [9.17, 15) is 8.42 Å². The van der Waals surface area contributed by atoms with Gasteiger partial charge in [-0.15, -0.1) is 11.3 Å². The summed E-state index contributed by atoms with van der Waals surface area (Å²) >= 11 is 1.48. The van der Waals surface area contributed by atoms with Gasteiger partial charge in [0.2, 0.25) is 10.0 Å². The minimum absolute atomic E-state index is 0.0689. The van der Waals surface area contributed by atoms with Crippen LogP contribution in [0.5, 0.6) is 0 Å². The lowest BCUT2D eigenvalue weighted by atomic mass is 9.94. The topological polar surface area (TPSA) is 63.4 Å². The minimum Gasteiger partial charge on any atom is -0.326 e. The molecular weight excluding hydrogens is 280 g/mol. The lowest BCUT2D eigenvalue weighted by Gasteiger charge is -2.36. The van der Waals surface area contributed by atoms with Gasteiger partial charge in [0.05, 0.1) is 4.90 Å². The van der Waals surface area contributed by atoms with Gasteiger partial charge < -0.3 is 5.73 Å². The first-order valence-corrected chi connectivity index (χ1v) is 8.94. The molecule has 2 rings (SSSR count). The summed E-state index contributed by atoms with van der Waals surface area (Å²) in [6.07, 6.45) is 2.04. The Balaban J connectivity index is 2.38. The Labute approximate surface area is 119 Å². The van der Waals surface area contributed by atoms with Crippen LogP contribution in [0.2, 0.25) is 0 Å². The molecule has 4 nitrogen and oxygen atoms in total. The third-order valence-electron chi connectivity index (χ3n) is 4.03. The SMILES string of the molecule is Cc1sc(CN)cc1S(=O)(=O)N1CCCC(C)C1C. The summed E-state index contributed by atoms with van der Waals surface area (Å²) in [4.78, 5) is 2.21. The van der Waals surface area contributed by atoms with E-state index in [-0.39, 0.29) is 6.04 Å². The van der Waals surface area contributed by atoms with E-state index in [1.165, 1.54) is 11.3 Å². The Bertz CT molecular complexity index is 551. The fraction of sp³-hybridized carbons (Fsp3) is 0.692. The Morgan fingerprint density at radius 2 is 2.16 bits per heavy atom. The number of thiophene rings is 1. The predicted molar refractivity (Wildman–Crippen MR) is 78.7 cm³/mol. The third-order valence-corrected chi connectivity index (χ3v) is 7.34. The number of rotatable bonds is 3. The van der Waals surface area contributed by atoms with Crippen molar-refractivity contribution in [2.24, 2.45) is 11.7 Å². The van der Waals surface area contributed by atoms with Crippen LogP contribution in [0.3, 0.4) is 0 Å². The number of sulfonamides is 1. The van der Waals surface area contributed by atoms with E-state index in [0.717, 1.165) is 22.6 Å². The highest BCUT2D eigenvalue weighted by atomic mass is 32.2. The molecule has 1 fully saturated rings. The number of nitrogens with two attached hydrogens (primary N) is 1. The zero-order valence-corrected chi connectivity index (χ0v) is 13.4. The molecule has 0 radical (unpaired) electrons. The fourth-order valence-corrected chi connectivity index (χ4v) is 5.89. The maximum absolute atomic E-state index is 12.8. The summed E-state index contributed by atoms with van der Waals surface area (Å²) in [7, 11) is -3.38. The molecule has 2 atom stereocenters. The summed E-state index contributed by atoms with van der Waals surface area (Å²) < 4.78 is 27.2. The quantitative estimate of drug-likeness (QED) is 0.932. The van der Waals surface area contributed by atoms with Crippen molar-refractivity contribution in [1.82, 2.24) is 4.31 Å². The molecule has 1 saturated heterocycles. The van der Waals surface area contributed by atoms with Crippen molar-refractivity contribution in [3.63, 3.8) is 0 Å². The highest BCUT2D eigenvalue weighted by Crippen LogP contribution is 2.33. The molecule has 0 aromatic carbocycles. The largest absolute Gasteiger partial charge is 0.326 e. The molecule has 1 aromatic heterocycles. The van der Waals surface area contributed by atoms with Gasteiger partial charge in [0.15, 0.2) is 0 Å². The normalized spacial score (nSPS) is 25.7. The van der Waals surface area contributed by atoms with Crippen LogP contribution in [0.25, 0.3) is 0 Å². The number of hydrogen-bond acceptors (Lipinski definition) is 4. The van der Waals surface area contributed by atoms with E-state index in [1.807, 2.05) is 13.8 Å². The number of aryl methyl sites for hydroxylation is 1. The second-order valence-corrected chi connectivity index (χ2v) is 8.51. The van der Waals surface area contributed by atoms with Crippen LogP contribution < -0.4 is 5.73 Å². The van der Waals surface area contributed by atoms with Crippen LogP contribution >= 0.6 is 11.3 Å². The molecule has 0 bridgehead atoms. The van der Waals surface area contributed by atoms with Gasteiger partial charge in [-0.1, -0.05) is 6.92 Å². The highest BCUT2D eigenvalue weighted by molar-refractivity contribution is 7.89. The molecule has 6 heteroatoms. The summed E-state index contributed by atoms with van der Waals surface area (Å²) in [5.41, 5.74) is 5.61. The Kier molecular flexibility index (Phi) is 4.35. The number of piperidine rings is 1. The van der Waals surface area contributed by atoms with Gasteiger partial charge in [0.1, 0.15) is 0 Å². The summed E-state index contributed by atoms with van der Waals surface area (Å²) in [5, 5.41) is 0. The first-order valence-electron chi connectivity index (χ1n) is 6.69. The number of hydrogen-bond donors (Lipinski definition) is 1. The van der Waals surface area contributed by atoms with Crippen molar-refractivity contribution in [3.8, 4) is 0 Å². The minimum atomic E-state index is -3.38. The Morgan fingerprint density at radius 3 is 2.74 bits per heavy atom. The monoisotopic (exact) mass is 302 g/mol. The standard InChI is InChI=1S/C13H22N2O2S2/c1-9-5-4-6-15(10(9)2)19(16,17)13-7-12(8-14)18-11(13)3/h7,9-10H,4-6,8,14H2,1-3H3. The van der Waals surface area contributed by atoms with Gasteiger partial charge in [0.25, 0.3) is 0 Å². The van der Waals surface area contributed by atoms with E-state index in [2.05, 4.69) is 6.92 Å². The summed E-state index contributed by atoms with van der Waals surface area (Å²) in [6.45, 7) is 7.01. The summed E-state index contributed by atoms with van der Waals surface area (Å²) in [6, 6.07) is 1.81. The van der Waals surface area contributed by atoms with E-state index in [4.69, 9.17) is 5.73 Å². The third kappa shape index (κ3) is 2.72. The lowest BCUT2D eigenvalue weighted by molar-refractivity contribution is 0.202. The first-order chi connectivity index (χ1) is 8.87. The molecule has 1 aromatic rings. The number of nitrogens with zero attached hydrogens (tertiary/aromatic N) is 1. The average Bonchev–Trinajstić information content (AvgIpc) is 2.74. The van der Waals surface area contributed by atoms with E-state index < -0.39 is 10.0 Å². The smallest absolute Gasteiger partial charge is 0.244 e. The van der Waals surface area contributed by atoms with Gasteiger partial charge in [-0.2, -0.15) is 4.31 Å². The zero-order chi connectivity index (χ0) is 14.2. The molecular formula is C13H22N2O2S2. The lowest BCUT2D eigenvalue weighted by Crippen LogP contribution is -2.45. The van der Waals surface area contributed by atoms with Gasteiger partial charge in [-0.25, -0.2) is 8.42 Å². The van der Waals surface area contributed by atoms with Crippen LogP contribution in [0.15, 0.2) is 11.0 Å². The molecule has 108 valence electrons. The fourth-order valence-electron chi connectivity index (χ4n) is 2.64. The zero-order valence-electron chi connectivity index (χ0n) is 11.7. The van der Waals surface area contributed by atoms with Crippen LogP contribution in [0, 0.1) is 12.8 Å². The second kappa shape index (κ2) is 5.52. The molecule has 2 N–H and O–H groups in total. The Morgan fingerprint density at radius 1 is 1.47 bits per heavy atom. The van der Waals surface area contributed by atoms with Gasteiger partial charge >= 0.3 is 0 Å². The van der Waals surface area contributed by atoms with Crippen molar-refractivity contribution >= 4 is 21.4 Å². The van der Waals surface area contributed by atoms with Gasteiger partial charge in [0, 0.05) is 28.9 Å². The van der Waals surface area contributed by atoms with E-state index in [0.29, 0.717) is 23.9 Å². The van der Waals surface area contributed by atoms with E-state index >= 15 is 0 Å². The van der Waals surface area contributed by atoms with Crippen molar-refractivity contribution in [2.75, 3.05) is 6.54 Å². The molecule has 2 unspecified atom stereocenters. The van der Waals surface area contributed by atoms with Crippen LogP contribution in [-0.2, 0) is 16.6 Å². The van der Waals surface area contributed by atoms with Crippen molar-refractivity contribution in [1.29, 1.82) is 0 Å². The molecule has 1 aliphatic rings. The van der Waals surface area contributed by atoms with E-state index in [1.54, 1.807) is 10.4 Å². The van der Waals surface area contributed by atoms with Crippen molar-refractivity contribution < 1.29 is 8.42 Å². The average molecular weight is 302 g/mol. The molecule has 0 amide bonds. The molecule has 19 heavy (non-hydrogen) atoms. The second-order valence-electron chi connectivity index (χ2n) is 5.31.